The molecule has 0 spiro atoms. The first kappa shape index (κ1) is 15.7. The van der Waals surface area contributed by atoms with Crippen molar-refractivity contribution in [1.29, 1.82) is 0 Å². The molecule has 0 saturated carbocycles. The fourth-order valence-electron chi connectivity index (χ4n) is 3.01. The Morgan fingerprint density at radius 3 is 2.48 bits per heavy atom. The molecule has 0 unspecified atom stereocenters. The lowest BCUT2D eigenvalue weighted by Gasteiger charge is -2.16. The number of hydrogen-bond donors (Lipinski definition) is 1. The summed E-state index contributed by atoms with van der Waals surface area (Å²) < 4.78 is 2.44. The van der Waals surface area contributed by atoms with E-state index in [4.69, 9.17) is 0 Å². The molecule has 1 aliphatic rings. The SMILES string of the molecule is Cn1nccc1C(=O)N1C[C@H](C(=O)O)[C@@H](c2ccc(Br)cc2)C1. The zero-order valence-electron chi connectivity index (χ0n) is 12.5. The van der Waals surface area contributed by atoms with Crippen molar-refractivity contribution in [3.05, 3.63) is 52.3 Å². The van der Waals surface area contributed by atoms with E-state index in [1.54, 1.807) is 24.2 Å². The van der Waals surface area contributed by atoms with Gasteiger partial charge in [-0.3, -0.25) is 14.3 Å². The summed E-state index contributed by atoms with van der Waals surface area (Å²) in [6.07, 6.45) is 1.56. The topological polar surface area (TPSA) is 75.4 Å². The number of hydrogen-bond acceptors (Lipinski definition) is 3. The molecule has 1 aromatic carbocycles. The van der Waals surface area contributed by atoms with Crippen LogP contribution < -0.4 is 0 Å². The highest BCUT2D eigenvalue weighted by Gasteiger charge is 2.41. The summed E-state index contributed by atoms with van der Waals surface area (Å²) in [6.45, 7) is 0.600. The second kappa shape index (κ2) is 6.16. The number of carbonyl (C=O) groups excluding carboxylic acids is 1. The monoisotopic (exact) mass is 377 g/mol. The molecular weight excluding hydrogens is 362 g/mol. The van der Waals surface area contributed by atoms with Crippen molar-refractivity contribution in [3.8, 4) is 0 Å². The number of benzene rings is 1. The van der Waals surface area contributed by atoms with Crippen LogP contribution in [-0.4, -0.2) is 44.8 Å². The Morgan fingerprint density at radius 2 is 1.91 bits per heavy atom. The predicted molar refractivity (Wildman–Crippen MR) is 87.1 cm³/mol. The Labute approximate surface area is 141 Å². The second-order valence-electron chi connectivity index (χ2n) is 5.65. The van der Waals surface area contributed by atoms with Crippen molar-refractivity contribution in [2.75, 3.05) is 13.1 Å². The fourth-order valence-corrected chi connectivity index (χ4v) is 3.28. The van der Waals surface area contributed by atoms with E-state index >= 15 is 0 Å². The van der Waals surface area contributed by atoms with Crippen LogP contribution >= 0.6 is 15.9 Å². The predicted octanol–water partition coefficient (Wildman–Crippen LogP) is 2.12. The Balaban J connectivity index is 1.86. The zero-order chi connectivity index (χ0) is 16.6. The lowest BCUT2D eigenvalue weighted by Crippen LogP contribution is -2.31. The maximum Gasteiger partial charge on any atom is 0.308 e. The first-order valence-electron chi connectivity index (χ1n) is 7.23. The van der Waals surface area contributed by atoms with Gasteiger partial charge in [-0.15, -0.1) is 0 Å². The summed E-state index contributed by atoms with van der Waals surface area (Å²) in [5, 5.41) is 13.5. The Bertz CT molecular complexity index is 741. The van der Waals surface area contributed by atoms with Gasteiger partial charge in [-0.2, -0.15) is 5.10 Å². The van der Waals surface area contributed by atoms with Crippen LogP contribution in [0.3, 0.4) is 0 Å². The number of likely N-dealkylation sites (tertiary alicyclic amines) is 1. The van der Waals surface area contributed by atoms with Crippen LogP contribution in [0.2, 0.25) is 0 Å². The molecule has 1 aliphatic heterocycles. The van der Waals surface area contributed by atoms with Crippen LogP contribution in [0.4, 0.5) is 0 Å². The third kappa shape index (κ3) is 3.01. The van der Waals surface area contributed by atoms with E-state index in [0.717, 1.165) is 10.0 Å². The minimum absolute atomic E-state index is 0.184. The number of rotatable bonds is 3. The van der Waals surface area contributed by atoms with E-state index in [2.05, 4.69) is 21.0 Å². The van der Waals surface area contributed by atoms with Gasteiger partial charge in [-0.05, 0) is 23.8 Å². The number of aromatic nitrogens is 2. The lowest BCUT2D eigenvalue weighted by atomic mass is 9.89. The molecule has 7 heteroatoms. The average molecular weight is 378 g/mol. The number of halogens is 1. The van der Waals surface area contributed by atoms with Crippen LogP contribution in [0.15, 0.2) is 41.0 Å². The highest BCUT2D eigenvalue weighted by atomic mass is 79.9. The minimum atomic E-state index is -0.877. The van der Waals surface area contributed by atoms with Crippen molar-refractivity contribution in [2.45, 2.75) is 5.92 Å². The number of carboxylic acids is 1. The van der Waals surface area contributed by atoms with E-state index in [1.165, 1.54) is 4.68 Å². The first-order valence-corrected chi connectivity index (χ1v) is 8.02. The van der Waals surface area contributed by atoms with E-state index in [0.29, 0.717) is 12.2 Å². The van der Waals surface area contributed by atoms with Gasteiger partial charge in [0, 0.05) is 36.7 Å². The van der Waals surface area contributed by atoms with Crippen molar-refractivity contribution in [3.63, 3.8) is 0 Å². The summed E-state index contributed by atoms with van der Waals surface area (Å²) in [6, 6.07) is 9.23. The van der Waals surface area contributed by atoms with Crippen LogP contribution in [0.5, 0.6) is 0 Å². The normalized spacial score (nSPS) is 20.7. The second-order valence-corrected chi connectivity index (χ2v) is 6.57. The molecule has 2 atom stereocenters. The largest absolute Gasteiger partial charge is 0.481 e. The van der Waals surface area contributed by atoms with Gasteiger partial charge in [0.25, 0.3) is 5.91 Å². The van der Waals surface area contributed by atoms with E-state index in [1.807, 2.05) is 24.3 Å². The van der Waals surface area contributed by atoms with Crippen molar-refractivity contribution in [2.24, 2.45) is 13.0 Å². The van der Waals surface area contributed by atoms with Gasteiger partial charge in [0.05, 0.1) is 5.92 Å². The van der Waals surface area contributed by atoms with E-state index in [-0.39, 0.29) is 18.4 Å². The van der Waals surface area contributed by atoms with Crippen LogP contribution in [-0.2, 0) is 11.8 Å². The molecule has 1 amide bonds. The van der Waals surface area contributed by atoms with Crippen LogP contribution in [0, 0.1) is 5.92 Å². The van der Waals surface area contributed by atoms with Crippen molar-refractivity contribution in [1.82, 2.24) is 14.7 Å². The van der Waals surface area contributed by atoms with Gasteiger partial charge in [-0.1, -0.05) is 28.1 Å². The molecule has 0 radical (unpaired) electrons. The standard InChI is InChI=1S/C16H16BrN3O3/c1-19-14(6-7-18-19)15(21)20-8-12(13(9-20)16(22)23)10-2-4-11(17)5-3-10/h2-7,12-13H,8-9H2,1H3,(H,22,23)/t12-,13+/m1/s1. The quantitative estimate of drug-likeness (QED) is 0.888. The Hall–Kier alpha value is -2.15. The van der Waals surface area contributed by atoms with Gasteiger partial charge in [0.15, 0.2) is 0 Å². The van der Waals surface area contributed by atoms with Gasteiger partial charge in [0.1, 0.15) is 5.69 Å². The number of aryl methyl sites for hydroxylation is 1. The smallest absolute Gasteiger partial charge is 0.308 e. The van der Waals surface area contributed by atoms with Gasteiger partial charge >= 0.3 is 5.97 Å². The highest BCUT2D eigenvalue weighted by Crippen LogP contribution is 2.34. The molecule has 23 heavy (non-hydrogen) atoms. The number of carbonyl (C=O) groups is 2. The molecule has 3 rings (SSSR count). The summed E-state index contributed by atoms with van der Waals surface area (Å²) in [7, 11) is 1.70. The van der Waals surface area contributed by atoms with Crippen molar-refractivity contribution < 1.29 is 14.7 Å². The molecule has 0 bridgehead atoms. The molecule has 1 aromatic heterocycles. The fraction of sp³-hybridized carbons (Fsp3) is 0.312. The highest BCUT2D eigenvalue weighted by molar-refractivity contribution is 9.10. The Morgan fingerprint density at radius 1 is 1.22 bits per heavy atom. The van der Waals surface area contributed by atoms with Crippen LogP contribution in [0.1, 0.15) is 22.0 Å². The Kier molecular flexibility index (Phi) is 4.21. The molecule has 1 N–H and O–H groups in total. The maximum atomic E-state index is 12.6. The number of amides is 1. The van der Waals surface area contributed by atoms with E-state index in [9.17, 15) is 14.7 Å². The summed E-state index contributed by atoms with van der Waals surface area (Å²) >= 11 is 3.38. The van der Waals surface area contributed by atoms with Crippen LogP contribution in [0.25, 0.3) is 0 Å². The molecule has 2 heterocycles. The van der Waals surface area contributed by atoms with E-state index < -0.39 is 11.9 Å². The molecule has 6 nitrogen and oxygen atoms in total. The third-order valence-electron chi connectivity index (χ3n) is 4.26. The molecule has 1 saturated heterocycles. The molecule has 120 valence electrons. The number of aliphatic carboxylic acids is 1. The number of nitrogens with zero attached hydrogens (tertiary/aromatic N) is 3. The zero-order valence-corrected chi connectivity index (χ0v) is 14.1. The summed E-state index contributed by atoms with van der Waals surface area (Å²) in [5.74, 6) is -1.87. The van der Waals surface area contributed by atoms with Gasteiger partial charge in [-0.25, -0.2) is 0 Å². The minimum Gasteiger partial charge on any atom is -0.481 e. The molecule has 1 fully saturated rings. The molecule has 0 aliphatic carbocycles. The third-order valence-corrected chi connectivity index (χ3v) is 4.79. The molecular formula is C16H16BrN3O3. The lowest BCUT2D eigenvalue weighted by molar-refractivity contribution is -0.141. The average Bonchev–Trinajstić information content (AvgIpc) is 3.14. The van der Waals surface area contributed by atoms with Gasteiger partial charge < -0.3 is 10.0 Å². The van der Waals surface area contributed by atoms with Crippen molar-refractivity contribution >= 4 is 27.8 Å². The van der Waals surface area contributed by atoms with Gasteiger partial charge in [0.2, 0.25) is 0 Å². The summed E-state index contributed by atoms with van der Waals surface area (Å²) in [5.41, 5.74) is 1.39. The molecule has 2 aromatic rings. The first-order chi connectivity index (χ1) is 11.0. The maximum absolute atomic E-state index is 12.6. The number of carboxylic acid groups (broad SMARTS) is 1. The summed E-state index contributed by atoms with van der Waals surface area (Å²) in [4.78, 5) is 25.8.